The van der Waals surface area contributed by atoms with Crippen LogP contribution in [0.4, 0.5) is 10.1 Å². The molecule has 3 N–H and O–H groups in total. The van der Waals surface area contributed by atoms with Crippen LogP contribution >= 0.6 is 12.4 Å². The van der Waals surface area contributed by atoms with E-state index >= 15 is 0 Å². The van der Waals surface area contributed by atoms with Crippen LogP contribution in [0.15, 0.2) is 53.1 Å². The highest BCUT2D eigenvalue weighted by atomic mass is 35.5. The third kappa shape index (κ3) is 4.38. The zero-order valence-electron chi connectivity index (χ0n) is 15.4. The van der Waals surface area contributed by atoms with E-state index in [9.17, 15) is 9.18 Å². The number of amides is 1. The number of halogens is 2. The van der Waals surface area contributed by atoms with Crippen molar-refractivity contribution >= 4 is 24.0 Å². The van der Waals surface area contributed by atoms with Crippen molar-refractivity contribution in [3.63, 3.8) is 0 Å². The molecule has 0 unspecified atom stereocenters. The molecule has 152 valence electrons. The highest BCUT2D eigenvalue weighted by Crippen LogP contribution is 2.38. The summed E-state index contributed by atoms with van der Waals surface area (Å²) >= 11 is 0. The Bertz CT molecular complexity index is 1010. The predicted molar refractivity (Wildman–Crippen MR) is 107 cm³/mol. The maximum atomic E-state index is 13.6. The maximum absolute atomic E-state index is 13.6. The second kappa shape index (κ2) is 8.59. The van der Waals surface area contributed by atoms with Crippen molar-refractivity contribution < 1.29 is 18.4 Å². The molecule has 3 aromatic rings. The van der Waals surface area contributed by atoms with Gasteiger partial charge in [-0.2, -0.15) is 4.98 Å². The van der Waals surface area contributed by atoms with Crippen LogP contribution in [-0.2, 0) is 10.3 Å². The van der Waals surface area contributed by atoms with E-state index in [-0.39, 0.29) is 30.6 Å². The Morgan fingerprint density at radius 2 is 1.93 bits per heavy atom. The van der Waals surface area contributed by atoms with E-state index in [0.29, 0.717) is 17.1 Å². The van der Waals surface area contributed by atoms with Crippen LogP contribution in [0.25, 0.3) is 11.5 Å². The summed E-state index contributed by atoms with van der Waals surface area (Å²) in [7, 11) is 0. The standard InChI is InChI=1S/C20H19FN4O3.ClH/c21-14-7-2-3-8-15(14)23-17(26)12-27-16-9-4-1-6-13(16)18-24-19(25-28-18)20(22)10-5-11-20;/h1-4,6-9H,5,10-12,22H2,(H,23,26);1H. The molecular formula is C20H20ClFN4O3. The molecule has 29 heavy (non-hydrogen) atoms. The van der Waals surface area contributed by atoms with Gasteiger partial charge in [-0.1, -0.05) is 29.4 Å². The summed E-state index contributed by atoms with van der Waals surface area (Å²) in [4.78, 5) is 16.5. The van der Waals surface area contributed by atoms with E-state index in [0.717, 1.165) is 19.3 Å². The number of hydrogen-bond donors (Lipinski definition) is 2. The zero-order valence-corrected chi connectivity index (χ0v) is 16.2. The third-order valence-electron chi connectivity index (χ3n) is 4.74. The van der Waals surface area contributed by atoms with Crippen molar-refractivity contribution in [3.8, 4) is 17.2 Å². The minimum absolute atomic E-state index is 0. The van der Waals surface area contributed by atoms with Crippen molar-refractivity contribution in [2.24, 2.45) is 5.73 Å². The van der Waals surface area contributed by atoms with Gasteiger partial charge in [0.15, 0.2) is 12.4 Å². The van der Waals surface area contributed by atoms with Gasteiger partial charge in [0.1, 0.15) is 11.6 Å². The Balaban J connectivity index is 0.00000240. The molecule has 1 aromatic heterocycles. The zero-order chi connectivity index (χ0) is 19.6. The number of nitrogens with zero attached hydrogens (tertiary/aromatic N) is 2. The van der Waals surface area contributed by atoms with Crippen LogP contribution in [0.3, 0.4) is 0 Å². The van der Waals surface area contributed by atoms with Crippen molar-refractivity contribution in [2.75, 3.05) is 11.9 Å². The van der Waals surface area contributed by atoms with Crippen molar-refractivity contribution in [3.05, 3.63) is 60.2 Å². The molecule has 7 nitrogen and oxygen atoms in total. The molecule has 0 aliphatic heterocycles. The number of carbonyl (C=O) groups excluding carboxylic acids is 1. The monoisotopic (exact) mass is 418 g/mol. The van der Waals surface area contributed by atoms with Crippen LogP contribution in [-0.4, -0.2) is 22.7 Å². The van der Waals surface area contributed by atoms with Crippen LogP contribution in [0.5, 0.6) is 5.75 Å². The number of nitrogens with one attached hydrogen (secondary N) is 1. The van der Waals surface area contributed by atoms with E-state index in [1.807, 2.05) is 0 Å². The van der Waals surface area contributed by atoms with Gasteiger partial charge in [0.25, 0.3) is 11.8 Å². The van der Waals surface area contributed by atoms with Gasteiger partial charge in [-0.3, -0.25) is 4.79 Å². The van der Waals surface area contributed by atoms with Gasteiger partial charge in [0, 0.05) is 0 Å². The number of carbonyl (C=O) groups is 1. The molecule has 1 saturated carbocycles. The number of benzene rings is 2. The lowest BCUT2D eigenvalue weighted by Gasteiger charge is -2.34. The minimum atomic E-state index is -0.531. The Labute approximate surface area is 172 Å². The number of nitrogens with two attached hydrogens (primary N) is 1. The van der Waals surface area contributed by atoms with Crippen LogP contribution in [0.2, 0.25) is 0 Å². The van der Waals surface area contributed by atoms with Crippen molar-refractivity contribution in [1.29, 1.82) is 0 Å². The number of para-hydroxylation sites is 2. The molecule has 9 heteroatoms. The Morgan fingerprint density at radius 1 is 1.21 bits per heavy atom. The minimum Gasteiger partial charge on any atom is -0.483 e. The lowest BCUT2D eigenvalue weighted by atomic mass is 9.77. The highest BCUT2D eigenvalue weighted by molar-refractivity contribution is 5.92. The molecule has 1 aliphatic carbocycles. The summed E-state index contributed by atoms with van der Waals surface area (Å²) in [5.41, 5.74) is 6.36. The molecule has 1 aliphatic rings. The van der Waals surface area contributed by atoms with Crippen LogP contribution in [0, 0.1) is 5.82 Å². The van der Waals surface area contributed by atoms with Crippen molar-refractivity contribution in [1.82, 2.24) is 10.1 Å². The quantitative estimate of drug-likeness (QED) is 0.633. The number of aromatic nitrogens is 2. The molecule has 1 heterocycles. The van der Waals surface area contributed by atoms with E-state index < -0.39 is 17.3 Å². The predicted octanol–water partition coefficient (Wildman–Crippen LogP) is 3.65. The van der Waals surface area contributed by atoms with E-state index in [4.69, 9.17) is 15.0 Å². The van der Waals surface area contributed by atoms with E-state index in [1.54, 1.807) is 36.4 Å². The first-order valence-corrected chi connectivity index (χ1v) is 8.95. The Morgan fingerprint density at radius 3 is 2.66 bits per heavy atom. The second-order valence-corrected chi connectivity index (χ2v) is 6.75. The summed E-state index contributed by atoms with van der Waals surface area (Å²) in [6.07, 6.45) is 2.68. The molecule has 1 fully saturated rings. The molecule has 0 atom stereocenters. The molecule has 0 spiro atoms. The van der Waals surface area contributed by atoms with Crippen molar-refractivity contribution in [2.45, 2.75) is 24.8 Å². The first kappa shape index (κ1) is 20.8. The molecule has 4 rings (SSSR count). The molecule has 0 saturated heterocycles. The number of hydrogen-bond acceptors (Lipinski definition) is 6. The number of rotatable bonds is 6. The lowest BCUT2D eigenvalue weighted by Crippen LogP contribution is -2.44. The number of ether oxygens (including phenoxy) is 1. The number of anilines is 1. The second-order valence-electron chi connectivity index (χ2n) is 6.75. The third-order valence-corrected chi connectivity index (χ3v) is 4.74. The fraction of sp³-hybridized carbons (Fsp3) is 0.250. The van der Waals surface area contributed by atoms with E-state index in [1.165, 1.54) is 12.1 Å². The van der Waals surface area contributed by atoms with Gasteiger partial charge in [-0.05, 0) is 43.5 Å². The van der Waals surface area contributed by atoms with Crippen LogP contribution < -0.4 is 15.8 Å². The summed E-state index contributed by atoms with van der Waals surface area (Å²) in [5.74, 6) is 0.154. The molecule has 0 bridgehead atoms. The molecule has 0 radical (unpaired) electrons. The average molecular weight is 419 g/mol. The van der Waals surface area contributed by atoms with Gasteiger partial charge in [-0.15, -0.1) is 12.4 Å². The molecule has 1 amide bonds. The summed E-state index contributed by atoms with van der Waals surface area (Å²) in [5, 5.41) is 6.47. The average Bonchev–Trinajstić information content (AvgIpc) is 3.17. The largest absolute Gasteiger partial charge is 0.483 e. The Kier molecular flexibility index (Phi) is 6.14. The van der Waals surface area contributed by atoms with Gasteiger partial charge in [0.2, 0.25) is 0 Å². The maximum Gasteiger partial charge on any atom is 0.262 e. The summed E-state index contributed by atoms with van der Waals surface area (Å²) in [6.45, 7) is -0.298. The van der Waals surface area contributed by atoms with Gasteiger partial charge in [0.05, 0.1) is 16.8 Å². The summed E-state index contributed by atoms with van der Waals surface area (Å²) < 4.78 is 24.6. The first-order valence-electron chi connectivity index (χ1n) is 8.95. The van der Waals surface area contributed by atoms with Gasteiger partial charge < -0.3 is 20.3 Å². The summed E-state index contributed by atoms with van der Waals surface area (Å²) in [6, 6.07) is 12.9. The lowest BCUT2D eigenvalue weighted by molar-refractivity contribution is -0.118. The highest BCUT2D eigenvalue weighted by Gasteiger charge is 2.39. The van der Waals surface area contributed by atoms with Gasteiger partial charge in [-0.25, -0.2) is 4.39 Å². The SMILES string of the molecule is Cl.NC1(c2noc(-c3ccccc3OCC(=O)Nc3ccccc3F)n2)CCC1. The first-order chi connectivity index (χ1) is 13.5. The normalized spacial score (nSPS) is 14.4. The fourth-order valence-electron chi connectivity index (χ4n) is 2.98. The topological polar surface area (TPSA) is 103 Å². The fourth-order valence-corrected chi connectivity index (χ4v) is 2.98. The van der Waals surface area contributed by atoms with Crippen LogP contribution in [0.1, 0.15) is 25.1 Å². The molecule has 2 aromatic carbocycles. The smallest absolute Gasteiger partial charge is 0.262 e. The Hall–Kier alpha value is -2.97. The van der Waals surface area contributed by atoms with Gasteiger partial charge >= 0.3 is 0 Å². The van der Waals surface area contributed by atoms with E-state index in [2.05, 4.69) is 15.5 Å². The molecular weight excluding hydrogens is 399 g/mol.